The second-order valence-corrected chi connectivity index (χ2v) is 4.30. The zero-order valence-corrected chi connectivity index (χ0v) is 11.0. The zero-order valence-electron chi connectivity index (χ0n) is 10.3. The molecule has 0 radical (unpaired) electrons. The molecule has 1 heterocycles. The minimum Gasteiger partial charge on any atom is -0.493 e. The molecule has 0 saturated carbocycles. The Kier molecular flexibility index (Phi) is 4.27. The van der Waals surface area contributed by atoms with Gasteiger partial charge in [0, 0.05) is 18.7 Å². The smallest absolute Gasteiger partial charge is 0.208 e. The standard InChI is InChI=1S/C12H15ClFNO3/c1-16-11-7(9-6-15-3-4-18-9)5-8(13)12(17-2)10(11)14/h5,9,15H,3-4,6H2,1-2H3. The Bertz CT molecular complexity index is 436. The lowest BCUT2D eigenvalue weighted by Crippen LogP contribution is -2.33. The summed E-state index contributed by atoms with van der Waals surface area (Å²) in [6.07, 6.45) is -0.272. The molecular formula is C12H15ClFNO3. The van der Waals surface area contributed by atoms with Crippen LogP contribution in [0.15, 0.2) is 6.07 Å². The van der Waals surface area contributed by atoms with Crippen molar-refractivity contribution in [1.29, 1.82) is 0 Å². The summed E-state index contributed by atoms with van der Waals surface area (Å²) < 4.78 is 29.7. The first-order chi connectivity index (χ1) is 8.69. The Morgan fingerprint density at radius 2 is 2.11 bits per heavy atom. The quantitative estimate of drug-likeness (QED) is 0.918. The highest BCUT2D eigenvalue weighted by Crippen LogP contribution is 2.40. The molecule has 0 bridgehead atoms. The Labute approximate surface area is 110 Å². The fraction of sp³-hybridized carbons (Fsp3) is 0.500. The molecule has 0 aliphatic carbocycles. The van der Waals surface area contributed by atoms with Crippen molar-refractivity contribution >= 4 is 11.6 Å². The van der Waals surface area contributed by atoms with Crippen LogP contribution in [0.2, 0.25) is 5.02 Å². The van der Waals surface area contributed by atoms with Gasteiger partial charge in [0.2, 0.25) is 5.82 Å². The molecule has 100 valence electrons. The Morgan fingerprint density at radius 1 is 1.39 bits per heavy atom. The number of benzene rings is 1. The van der Waals surface area contributed by atoms with Gasteiger partial charge in [0.15, 0.2) is 11.5 Å². The number of halogens is 2. The summed E-state index contributed by atoms with van der Waals surface area (Å²) >= 11 is 5.99. The number of rotatable bonds is 3. The summed E-state index contributed by atoms with van der Waals surface area (Å²) in [5.74, 6) is -0.498. The van der Waals surface area contributed by atoms with E-state index in [0.717, 1.165) is 6.54 Å². The molecule has 1 N–H and O–H groups in total. The zero-order chi connectivity index (χ0) is 13.1. The van der Waals surface area contributed by atoms with Crippen LogP contribution in [0.3, 0.4) is 0 Å². The van der Waals surface area contributed by atoms with Crippen molar-refractivity contribution in [2.75, 3.05) is 33.9 Å². The molecule has 6 heteroatoms. The fourth-order valence-corrected chi connectivity index (χ4v) is 2.28. The normalized spacial score (nSPS) is 19.7. The molecule has 1 aromatic carbocycles. The maximum atomic E-state index is 14.1. The van der Waals surface area contributed by atoms with E-state index in [-0.39, 0.29) is 22.6 Å². The van der Waals surface area contributed by atoms with Gasteiger partial charge in [-0.05, 0) is 6.07 Å². The summed E-state index contributed by atoms with van der Waals surface area (Å²) in [7, 11) is 2.77. The molecule has 1 atom stereocenters. The van der Waals surface area contributed by atoms with Crippen LogP contribution in [-0.2, 0) is 4.74 Å². The van der Waals surface area contributed by atoms with Crippen LogP contribution < -0.4 is 14.8 Å². The highest BCUT2D eigenvalue weighted by molar-refractivity contribution is 6.32. The molecule has 1 aromatic rings. The molecule has 0 amide bonds. The molecule has 1 aliphatic rings. The highest BCUT2D eigenvalue weighted by atomic mass is 35.5. The molecule has 1 unspecified atom stereocenters. The van der Waals surface area contributed by atoms with Crippen LogP contribution in [0.5, 0.6) is 11.5 Å². The van der Waals surface area contributed by atoms with E-state index < -0.39 is 5.82 Å². The van der Waals surface area contributed by atoms with Gasteiger partial charge in [0.05, 0.1) is 32.0 Å². The van der Waals surface area contributed by atoms with E-state index in [9.17, 15) is 4.39 Å². The summed E-state index contributed by atoms with van der Waals surface area (Å²) in [6.45, 7) is 1.95. The minimum atomic E-state index is -0.600. The van der Waals surface area contributed by atoms with Gasteiger partial charge in [-0.2, -0.15) is 4.39 Å². The predicted molar refractivity (Wildman–Crippen MR) is 66.1 cm³/mol. The topological polar surface area (TPSA) is 39.7 Å². The van der Waals surface area contributed by atoms with Gasteiger partial charge < -0.3 is 19.5 Å². The Hall–Kier alpha value is -1.04. The molecule has 1 aliphatic heterocycles. The van der Waals surface area contributed by atoms with Crippen molar-refractivity contribution in [3.8, 4) is 11.5 Å². The van der Waals surface area contributed by atoms with E-state index in [1.54, 1.807) is 6.07 Å². The van der Waals surface area contributed by atoms with Crippen molar-refractivity contribution in [3.63, 3.8) is 0 Å². The molecular weight excluding hydrogens is 261 g/mol. The molecule has 0 spiro atoms. The fourth-order valence-electron chi connectivity index (χ4n) is 2.00. The van der Waals surface area contributed by atoms with Crippen molar-refractivity contribution in [3.05, 3.63) is 22.5 Å². The number of methoxy groups -OCH3 is 2. The van der Waals surface area contributed by atoms with Gasteiger partial charge in [-0.3, -0.25) is 0 Å². The molecule has 1 saturated heterocycles. The number of morpholine rings is 1. The van der Waals surface area contributed by atoms with Crippen molar-refractivity contribution in [2.45, 2.75) is 6.10 Å². The van der Waals surface area contributed by atoms with Crippen molar-refractivity contribution in [2.24, 2.45) is 0 Å². The number of hydrogen-bond donors (Lipinski definition) is 1. The maximum absolute atomic E-state index is 14.1. The lowest BCUT2D eigenvalue weighted by molar-refractivity contribution is 0.0259. The molecule has 4 nitrogen and oxygen atoms in total. The van der Waals surface area contributed by atoms with Crippen LogP contribution in [0.25, 0.3) is 0 Å². The first-order valence-electron chi connectivity index (χ1n) is 5.61. The monoisotopic (exact) mass is 275 g/mol. The molecule has 0 aromatic heterocycles. The van der Waals surface area contributed by atoms with Crippen LogP contribution in [-0.4, -0.2) is 33.9 Å². The Balaban J connectivity index is 2.45. The number of nitrogens with one attached hydrogen (secondary N) is 1. The van der Waals surface area contributed by atoms with Gasteiger partial charge in [-0.15, -0.1) is 0 Å². The van der Waals surface area contributed by atoms with Crippen LogP contribution in [0, 0.1) is 5.82 Å². The minimum absolute atomic E-state index is 0.0129. The van der Waals surface area contributed by atoms with Gasteiger partial charge in [-0.25, -0.2) is 0 Å². The lowest BCUT2D eigenvalue weighted by atomic mass is 10.1. The Morgan fingerprint density at radius 3 is 2.67 bits per heavy atom. The van der Waals surface area contributed by atoms with E-state index in [1.807, 2.05) is 0 Å². The van der Waals surface area contributed by atoms with E-state index in [2.05, 4.69) is 5.32 Å². The highest BCUT2D eigenvalue weighted by Gasteiger charge is 2.26. The van der Waals surface area contributed by atoms with Crippen LogP contribution in [0.4, 0.5) is 4.39 Å². The average molecular weight is 276 g/mol. The van der Waals surface area contributed by atoms with Gasteiger partial charge in [0.1, 0.15) is 0 Å². The van der Waals surface area contributed by atoms with Gasteiger partial charge >= 0.3 is 0 Å². The van der Waals surface area contributed by atoms with Crippen molar-refractivity contribution < 1.29 is 18.6 Å². The van der Waals surface area contributed by atoms with Gasteiger partial charge in [-0.1, -0.05) is 11.6 Å². The second-order valence-electron chi connectivity index (χ2n) is 3.89. The molecule has 2 rings (SSSR count). The van der Waals surface area contributed by atoms with Crippen LogP contribution in [0.1, 0.15) is 11.7 Å². The largest absolute Gasteiger partial charge is 0.493 e. The van der Waals surface area contributed by atoms with E-state index >= 15 is 0 Å². The molecule has 18 heavy (non-hydrogen) atoms. The summed E-state index contributed by atoms with van der Waals surface area (Å²) in [6, 6.07) is 1.62. The third-order valence-corrected chi connectivity index (χ3v) is 3.12. The third kappa shape index (κ3) is 2.39. The molecule has 1 fully saturated rings. The van der Waals surface area contributed by atoms with Gasteiger partial charge in [0.25, 0.3) is 0 Å². The number of ether oxygens (including phenoxy) is 3. The first kappa shape index (κ1) is 13.4. The second kappa shape index (κ2) is 5.73. The van der Waals surface area contributed by atoms with E-state index in [0.29, 0.717) is 18.7 Å². The van der Waals surface area contributed by atoms with Crippen molar-refractivity contribution in [1.82, 2.24) is 5.32 Å². The maximum Gasteiger partial charge on any atom is 0.208 e. The lowest BCUT2D eigenvalue weighted by Gasteiger charge is -2.26. The SMILES string of the molecule is COc1c(Cl)cc(C2CNCCO2)c(OC)c1F. The number of hydrogen-bond acceptors (Lipinski definition) is 4. The third-order valence-electron chi connectivity index (χ3n) is 2.84. The van der Waals surface area contributed by atoms with E-state index in [4.69, 9.17) is 25.8 Å². The summed E-state index contributed by atoms with van der Waals surface area (Å²) in [5, 5.41) is 3.38. The predicted octanol–water partition coefficient (Wildman–Crippen LogP) is 2.16. The average Bonchev–Trinajstić information content (AvgIpc) is 2.39. The summed E-state index contributed by atoms with van der Waals surface area (Å²) in [5.41, 5.74) is 0.591. The van der Waals surface area contributed by atoms with Crippen LogP contribution >= 0.6 is 11.6 Å². The first-order valence-corrected chi connectivity index (χ1v) is 5.99. The summed E-state index contributed by atoms with van der Waals surface area (Å²) in [4.78, 5) is 0. The van der Waals surface area contributed by atoms with E-state index in [1.165, 1.54) is 14.2 Å².